The molecule has 0 amide bonds. The Morgan fingerprint density at radius 3 is 2.33 bits per heavy atom. The summed E-state index contributed by atoms with van der Waals surface area (Å²) in [6.45, 7) is 3.01. The Labute approximate surface area is 129 Å². The summed E-state index contributed by atoms with van der Waals surface area (Å²) in [6, 6.07) is 0. The number of aliphatic hydroxyl groups excluding tert-OH is 1. The quantitative estimate of drug-likeness (QED) is 0.821. The van der Waals surface area contributed by atoms with Gasteiger partial charge in [0.1, 0.15) is 0 Å². The largest absolute Gasteiger partial charge is 0.390 e. The van der Waals surface area contributed by atoms with Crippen LogP contribution in [0.25, 0.3) is 0 Å². The number of aliphatic hydroxyl groups is 2. The Hall–Kier alpha value is -0.120. The van der Waals surface area contributed by atoms with Crippen molar-refractivity contribution in [2.75, 3.05) is 6.61 Å². The first-order chi connectivity index (χ1) is 10.0. The van der Waals surface area contributed by atoms with Crippen molar-refractivity contribution in [1.82, 2.24) is 0 Å². The van der Waals surface area contributed by atoms with Crippen LogP contribution in [0.5, 0.6) is 0 Å². The van der Waals surface area contributed by atoms with Crippen LogP contribution in [0.3, 0.4) is 0 Å². The summed E-state index contributed by atoms with van der Waals surface area (Å²) in [5, 5.41) is 21.8. The molecule has 1 heterocycles. The molecule has 0 aromatic rings. The van der Waals surface area contributed by atoms with Gasteiger partial charge in [0.2, 0.25) is 0 Å². The molecule has 3 nitrogen and oxygen atoms in total. The third kappa shape index (κ3) is 3.30. The summed E-state index contributed by atoms with van der Waals surface area (Å²) >= 11 is 0. The van der Waals surface area contributed by atoms with Crippen LogP contribution in [0, 0.1) is 11.8 Å². The van der Waals surface area contributed by atoms with Crippen LogP contribution in [-0.2, 0) is 4.74 Å². The van der Waals surface area contributed by atoms with E-state index in [-0.39, 0.29) is 11.5 Å². The van der Waals surface area contributed by atoms with E-state index in [4.69, 9.17) is 4.74 Å². The minimum absolute atomic E-state index is 0.0144. The van der Waals surface area contributed by atoms with Gasteiger partial charge in [0, 0.05) is 6.61 Å². The average molecular weight is 296 g/mol. The number of ether oxygens (including phenoxy) is 1. The van der Waals surface area contributed by atoms with Gasteiger partial charge < -0.3 is 14.9 Å². The van der Waals surface area contributed by atoms with Crippen LogP contribution < -0.4 is 0 Å². The third-order valence-electron chi connectivity index (χ3n) is 6.43. The Kier molecular flexibility index (Phi) is 4.63. The lowest BCUT2D eigenvalue weighted by molar-refractivity contribution is -0.175. The average Bonchev–Trinajstić information content (AvgIpc) is 2.50. The standard InChI is InChI=1S/C18H32O3/c1-14-5-10-18(20,11-6-14)16(19)15-7-12-21-17(13-15)8-3-2-4-9-17/h14-16,19-20H,2-13H2,1H3. The Bertz CT molecular complexity index is 335. The lowest BCUT2D eigenvalue weighted by Gasteiger charge is -2.48. The zero-order chi connectivity index (χ0) is 14.9. The summed E-state index contributed by atoms with van der Waals surface area (Å²) < 4.78 is 6.13. The maximum Gasteiger partial charge on any atom is 0.0908 e. The van der Waals surface area contributed by atoms with Crippen LogP contribution in [0.1, 0.15) is 77.6 Å². The zero-order valence-electron chi connectivity index (χ0n) is 13.5. The highest BCUT2D eigenvalue weighted by molar-refractivity contribution is 4.98. The molecule has 2 unspecified atom stereocenters. The highest BCUT2D eigenvalue weighted by atomic mass is 16.5. The monoisotopic (exact) mass is 296 g/mol. The molecule has 2 aliphatic carbocycles. The molecule has 0 radical (unpaired) electrons. The normalized spacial score (nSPS) is 41.9. The van der Waals surface area contributed by atoms with E-state index in [1.807, 2.05) is 0 Å². The Balaban J connectivity index is 1.65. The molecule has 1 saturated heterocycles. The van der Waals surface area contributed by atoms with Crippen LogP contribution in [-0.4, -0.2) is 34.1 Å². The number of rotatable bonds is 2. The fraction of sp³-hybridized carbons (Fsp3) is 1.00. The van der Waals surface area contributed by atoms with Gasteiger partial charge >= 0.3 is 0 Å². The molecule has 3 heteroatoms. The third-order valence-corrected chi connectivity index (χ3v) is 6.43. The molecule has 1 spiro atoms. The maximum absolute atomic E-state index is 10.9. The summed E-state index contributed by atoms with van der Waals surface area (Å²) in [4.78, 5) is 0. The van der Waals surface area contributed by atoms with Crippen LogP contribution in [0.15, 0.2) is 0 Å². The second-order valence-electron chi connectivity index (χ2n) is 8.08. The van der Waals surface area contributed by atoms with Gasteiger partial charge in [-0.1, -0.05) is 26.2 Å². The minimum Gasteiger partial charge on any atom is -0.390 e. The van der Waals surface area contributed by atoms with Crippen molar-refractivity contribution in [3.8, 4) is 0 Å². The first-order valence-corrected chi connectivity index (χ1v) is 9.07. The summed E-state index contributed by atoms with van der Waals surface area (Å²) in [7, 11) is 0. The predicted octanol–water partition coefficient (Wildman–Crippen LogP) is 3.42. The van der Waals surface area contributed by atoms with Crippen molar-refractivity contribution in [3.63, 3.8) is 0 Å². The fourth-order valence-corrected chi connectivity index (χ4v) is 4.88. The van der Waals surface area contributed by atoms with E-state index in [0.29, 0.717) is 5.92 Å². The Morgan fingerprint density at radius 1 is 1.00 bits per heavy atom. The molecule has 21 heavy (non-hydrogen) atoms. The minimum atomic E-state index is -0.843. The van der Waals surface area contributed by atoms with E-state index in [1.165, 1.54) is 19.3 Å². The zero-order valence-corrected chi connectivity index (χ0v) is 13.5. The lowest BCUT2D eigenvalue weighted by atomic mass is 9.68. The van der Waals surface area contributed by atoms with Crippen molar-refractivity contribution in [3.05, 3.63) is 0 Å². The molecule has 122 valence electrons. The fourth-order valence-electron chi connectivity index (χ4n) is 4.88. The molecule has 0 aromatic carbocycles. The summed E-state index contributed by atoms with van der Waals surface area (Å²) in [6.07, 6.45) is 11.0. The van der Waals surface area contributed by atoms with Crippen molar-refractivity contribution in [1.29, 1.82) is 0 Å². The van der Waals surface area contributed by atoms with E-state index in [9.17, 15) is 10.2 Å². The van der Waals surface area contributed by atoms with Gasteiger partial charge in [-0.05, 0) is 63.2 Å². The molecule has 2 atom stereocenters. The highest BCUT2D eigenvalue weighted by Gasteiger charge is 2.47. The Morgan fingerprint density at radius 2 is 1.67 bits per heavy atom. The first kappa shape index (κ1) is 15.8. The van der Waals surface area contributed by atoms with Crippen LogP contribution in [0.2, 0.25) is 0 Å². The molecule has 0 bridgehead atoms. The molecular weight excluding hydrogens is 264 g/mol. The van der Waals surface area contributed by atoms with Gasteiger partial charge in [-0.2, -0.15) is 0 Å². The van der Waals surface area contributed by atoms with Gasteiger partial charge in [0.05, 0.1) is 17.3 Å². The molecule has 1 aliphatic heterocycles. The second kappa shape index (κ2) is 6.17. The van der Waals surface area contributed by atoms with Crippen LogP contribution >= 0.6 is 0 Å². The van der Waals surface area contributed by atoms with Gasteiger partial charge in [0.25, 0.3) is 0 Å². The molecule has 3 fully saturated rings. The van der Waals surface area contributed by atoms with Gasteiger partial charge in [-0.15, -0.1) is 0 Å². The van der Waals surface area contributed by atoms with Crippen molar-refractivity contribution in [2.45, 2.75) is 94.9 Å². The molecule has 3 aliphatic rings. The maximum atomic E-state index is 10.9. The first-order valence-electron chi connectivity index (χ1n) is 9.07. The number of hydrogen-bond donors (Lipinski definition) is 2. The highest BCUT2D eigenvalue weighted by Crippen LogP contribution is 2.45. The van der Waals surface area contributed by atoms with Crippen molar-refractivity contribution in [2.24, 2.45) is 11.8 Å². The van der Waals surface area contributed by atoms with E-state index >= 15 is 0 Å². The van der Waals surface area contributed by atoms with Gasteiger partial charge in [-0.25, -0.2) is 0 Å². The lowest BCUT2D eigenvalue weighted by Crippen LogP contribution is -2.53. The van der Waals surface area contributed by atoms with Crippen molar-refractivity contribution >= 4 is 0 Å². The summed E-state index contributed by atoms with van der Waals surface area (Å²) in [5.74, 6) is 0.909. The second-order valence-corrected chi connectivity index (χ2v) is 8.08. The topological polar surface area (TPSA) is 49.7 Å². The molecular formula is C18H32O3. The SMILES string of the molecule is CC1CCC(O)(C(O)C2CCOC3(CCCCC3)C2)CC1. The van der Waals surface area contributed by atoms with E-state index in [2.05, 4.69) is 6.92 Å². The van der Waals surface area contributed by atoms with E-state index in [1.54, 1.807) is 0 Å². The predicted molar refractivity (Wildman–Crippen MR) is 83.1 cm³/mol. The van der Waals surface area contributed by atoms with Gasteiger partial charge in [0.15, 0.2) is 0 Å². The molecule has 3 rings (SSSR count). The summed E-state index contributed by atoms with van der Waals surface area (Å²) in [5.41, 5.74) is -0.829. The molecule has 2 N–H and O–H groups in total. The smallest absolute Gasteiger partial charge is 0.0908 e. The molecule has 0 aromatic heterocycles. The number of hydrogen-bond acceptors (Lipinski definition) is 3. The van der Waals surface area contributed by atoms with E-state index in [0.717, 1.165) is 58.0 Å². The van der Waals surface area contributed by atoms with E-state index < -0.39 is 11.7 Å². The van der Waals surface area contributed by atoms with Gasteiger partial charge in [-0.3, -0.25) is 0 Å². The van der Waals surface area contributed by atoms with Crippen molar-refractivity contribution < 1.29 is 14.9 Å². The molecule has 2 saturated carbocycles. The van der Waals surface area contributed by atoms with Crippen LogP contribution in [0.4, 0.5) is 0 Å².